The normalized spacial score (nSPS) is 12.8. The number of aryl methyl sites for hydroxylation is 1. The molecular formula is C11H10Br2N2O. The zero-order valence-corrected chi connectivity index (χ0v) is 11.7. The first-order valence-corrected chi connectivity index (χ1v) is 6.29. The molecule has 1 atom stereocenters. The fourth-order valence-electron chi connectivity index (χ4n) is 1.46. The van der Waals surface area contributed by atoms with E-state index >= 15 is 0 Å². The predicted molar refractivity (Wildman–Crippen MR) is 69.1 cm³/mol. The van der Waals surface area contributed by atoms with Crippen molar-refractivity contribution in [3.05, 3.63) is 50.7 Å². The molecular weight excluding hydrogens is 336 g/mol. The summed E-state index contributed by atoms with van der Waals surface area (Å²) in [4.78, 5) is 0. The third kappa shape index (κ3) is 2.36. The standard InChI is InChI=1S/C11H10Br2N2O/c1-15-5-4-10(14-15)11(16)8-3-2-7(12)6-9(8)13/h2-6,11,16H,1H3. The van der Waals surface area contributed by atoms with Crippen molar-refractivity contribution in [2.24, 2.45) is 7.05 Å². The zero-order chi connectivity index (χ0) is 11.7. The van der Waals surface area contributed by atoms with Gasteiger partial charge in [-0.3, -0.25) is 4.68 Å². The van der Waals surface area contributed by atoms with Gasteiger partial charge in [0.25, 0.3) is 0 Å². The summed E-state index contributed by atoms with van der Waals surface area (Å²) in [6.07, 6.45) is 1.11. The molecule has 1 aromatic carbocycles. The Morgan fingerprint density at radius 2 is 2.06 bits per heavy atom. The number of nitrogens with zero attached hydrogens (tertiary/aromatic N) is 2. The Morgan fingerprint density at radius 1 is 1.31 bits per heavy atom. The van der Waals surface area contributed by atoms with Crippen LogP contribution in [0.3, 0.4) is 0 Å². The Balaban J connectivity index is 2.37. The van der Waals surface area contributed by atoms with Gasteiger partial charge in [-0.1, -0.05) is 37.9 Å². The van der Waals surface area contributed by atoms with Crippen molar-refractivity contribution in [2.75, 3.05) is 0 Å². The number of aliphatic hydroxyl groups excluding tert-OH is 1. The molecule has 1 aromatic heterocycles. The molecule has 1 unspecified atom stereocenters. The first kappa shape index (κ1) is 11.8. The molecule has 5 heteroatoms. The van der Waals surface area contributed by atoms with E-state index in [4.69, 9.17) is 0 Å². The lowest BCUT2D eigenvalue weighted by Crippen LogP contribution is -2.02. The minimum Gasteiger partial charge on any atom is -0.382 e. The van der Waals surface area contributed by atoms with Crippen molar-refractivity contribution < 1.29 is 5.11 Å². The zero-order valence-electron chi connectivity index (χ0n) is 8.56. The molecule has 0 saturated heterocycles. The van der Waals surface area contributed by atoms with Crippen LogP contribution < -0.4 is 0 Å². The van der Waals surface area contributed by atoms with Gasteiger partial charge in [-0.05, 0) is 18.2 Å². The van der Waals surface area contributed by atoms with E-state index in [1.165, 1.54) is 0 Å². The molecule has 0 fully saturated rings. The molecule has 0 aliphatic rings. The van der Waals surface area contributed by atoms with Crippen LogP contribution in [0.4, 0.5) is 0 Å². The van der Waals surface area contributed by atoms with Crippen molar-refractivity contribution in [1.82, 2.24) is 9.78 Å². The molecule has 0 spiro atoms. The van der Waals surface area contributed by atoms with Gasteiger partial charge in [-0.15, -0.1) is 0 Å². The van der Waals surface area contributed by atoms with E-state index in [1.54, 1.807) is 10.7 Å². The van der Waals surface area contributed by atoms with Crippen LogP contribution in [-0.4, -0.2) is 14.9 Å². The van der Waals surface area contributed by atoms with Crippen LogP contribution in [-0.2, 0) is 7.05 Å². The van der Waals surface area contributed by atoms with Gasteiger partial charge in [0.2, 0.25) is 0 Å². The molecule has 0 aliphatic heterocycles. The summed E-state index contributed by atoms with van der Waals surface area (Å²) in [5.41, 5.74) is 1.45. The molecule has 1 N–H and O–H groups in total. The van der Waals surface area contributed by atoms with Crippen molar-refractivity contribution in [2.45, 2.75) is 6.10 Å². The maximum absolute atomic E-state index is 10.2. The minimum atomic E-state index is -0.705. The van der Waals surface area contributed by atoms with Crippen molar-refractivity contribution >= 4 is 31.9 Å². The highest BCUT2D eigenvalue weighted by molar-refractivity contribution is 9.11. The van der Waals surface area contributed by atoms with E-state index in [0.29, 0.717) is 5.69 Å². The van der Waals surface area contributed by atoms with Gasteiger partial charge in [-0.25, -0.2) is 0 Å². The number of halogens is 2. The van der Waals surface area contributed by atoms with E-state index in [9.17, 15) is 5.11 Å². The third-order valence-electron chi connectivity index (χ3n) is 2.27. The first-order chi connectivity index (χ1) is 7.58. The Bertz CT molecular complexity index is 510. The number of rotatable bonds is 2. The number of hydrogen-bond donors (Lipinski definition) is 1. The quantitative estimate of drug-likeness (QED) is 0.908. The van der Waals surface area contributed by atoms with Crippen molar-refractivity contribution in [3.63, 3.8) is 0 Å². The molecule has 0 saturated carbocycles. The van der Waals surface area contributed by atoms with Crippen LogP contribution in [0, 0.1) is 0 Å². The van der Waals surface area contributed by atoms with E-state index < -0.39 is 6.10 Å². The second-order valence-corrected chi connectivity index (χ2v) is 5.25. The lowest BCUT2D eigenvalue weighted by molar-refractivity contribution is 0.213. The van der Waals surface area contributed by atoms with Crippen LogP contribution in [0.15, 0.2) is 39.4 Å². The molecule has 0 bridgehead atoms. The van der Waals surface area contributed by atoms with Gasteiger partial charge in [0, 0.05) is 27.8 Å². The highest BCUT2D eigenvalue weighted by Crippen LogP contribution is 2.29. The Kier molecular flexibility index (Phi) is 3.47. The van der Waals surface area contributed by atoms with Crippen LogP contribution >= 0.6 is 31.9 Å². The summed E-state index contributed by atoms with van der Waals surface area (Å²) >= 11 is 6.80. The maximum atomic E-state index is 10.2. The van der Waals surface area contributed by atoms with E-state index in [2.05, 4.69) is 37.0 Å². The monoisotopic (exact) mass is 344 g/mol. The van der Waals surface area contributed by atoms with Crippen molar-refractivity contribution in [3.8, 4) is 0 Å². The summed E-state index contributed by atoms with van der Waals surface area (Å²) < 4.78 is 3.50. The SMILES string of the molecule is Cn1ccc(C(O)c2ccc(Br)cc2Br)n1. The van der Waals surface area contributed by atoms with E-state index in [0.717, 1.165) is 14.5 Å². The summed E-state index contributed by atoms with van der Waals surface area (Å²) in [5.74, 6) is 0. The van der Waals surface area contributed by atoms with E-state index in [-0.39, 0.29) is 0 Å². The second kappa shape index (κ2) is 4.69. The van der Waals surface area contributed by atoms with Gasteiger partial charge in [0.15, 0.2) is 0 Å². The van der Waals surface area contributed by atoms with Crippen molar-refractivity contribution in [1.29, 1.82) is 0 Å². The van der Waals surface area contributed by atoms with E-state index in [1.807, 2.05) is 31.4 Å². The molecule has 2 rings (SSSR count). The molecule has 2 aromatic rings. The fourth-order valence-corrected chi connectivity index (χ4v) is 2.73. The Labute approximate surface area is 110 Å². The molecule has 0 amide bonds. The van der Waals surface area contributed by atoms with Crippen LogP contribution in [0.25, 0.3) is 0 Å². The molecule has 16 heavy (non-hydrogen) atoms. The summed E-state index contributed by atoms with van der Waals surface area (Å²) in [5, 5.41) is 14.3. The average Bonchev–Trinajstić information content (AvgIpc) is 2.64. The molecule has 0 radical (unpaired) electrons. The molecule has 84 valence electrons. The van der Waals surface area contributed by atoms with Gasteiger partial charge in [0.1, 0.15) is 6.10 Å². The molecule has 3 nitrogen and oxygen atoms in total. The highest BCUT2D eigenvalue weighted by Gasteiger charge is 2.15. The summed E-state index contributed by atoms with van der Waals surface area (Å²) in [6.45, 7) is 0. The highest BCUT2D eigenvalue weighted by atomic mass is 79.9. The van der Waals surface area contributed by atoms with Crippen LogP contribution in [0.2, 0.25) is 0 Å². The fraction of sp³-hybridized carbons (Fsp3) is 0.182. The largest absolute Gasteiger partial charge is 0.382 e. The van der Waals surface area contributed by atoms with Gasteiger partial charge in [0.05, 0.1) is 5.69 Å². The minimum absolute atomic E-state index is 0.644. The summed E-state index contributed by atoms with van der Waals surface area (Å²) in [6, 6.07) is 7.47. The Hall–Kier alpha value is -0.650. The van der Waals surface area contributed by atoms with Gasteiger partial charge < -0.3 is 5.11 Å². The predicted octanol–water partition coefficient (Wildman–Crippen LogP) is 3.03. The molecule has 1 heterocycles. The van der Waals surface area contributed by atoms with Gasteiger partial charge in [-0.2, -0.15) is 5.10 Å². The lowest BCUT2D eigenvalue weighted by Gasteiger charge is -2.10. The number of aliphatic hydroxyl groups is 1. The molecule has 0 aliphatic carbocycles. The van der Waals surface area contributed by atoms with Crippen LogP contribution in [0.5, 0.6) is 0 Å². The average molecular weight is 346 g/mol. The smallest absolute Gasteiger partial charge is 0.124 e. The number of hydrogen-bond acceptors (Lipinski definition) is 2. The third-order valence-corrected chi connectivity index (χ3v) is 3.45. The number of aromatic nitrogens is 2. The maximum Gasteiger partial charge on any atom is 0.124 e. The first-order valence-electron chi connectivity index (χ1n) is 4.70. The van der Waals surface area contributed by atoms with Crippen LogP contribution in [0.1, 0.15) is 17.4 Å². The summed E-state index contributed by atoms with van der Waals surface area (Å²) in [7, 11) is 1.83. The Morgan fingerprint density at radius 3 is 2.62 bits per heavy atom. The lowest BCUT2D eigenvalue weighted by atomic mass is 10.1. The second-order valence-electron chi connectivity index (χ2n) is 3.48. The van der Waals surface area contributed by atoms with Gasteiger partial charge >= 0.3 is 0 Å². The topological polar surface area (TPSA) is 38.0 Å². The number of benzene rings is 1.